The quantitative estimate of drug-likeness (QED) is 0.739. The van der Waals surface area contributed by atoms with Crippen LogP contribution in [0.25, 0.3) is 0 Å². The lowest BCUT2D eigenvalue weighted by Crippen LogP contribution is -2.50. The SMILES string of the molecule is CC(C)(C)OC(=O)N1CCC2(c3ccc(Cl)c(Cl)c3)CC2(C(N)=S)C1. The largest absolute Gasteiger partial charge is 0.444 e. The Bertz CT molecular complexity index is 749. The molecule has 3 rings (SSSR count). The van der Waals surface area contributed by atoms with Crippen molar-refractivity contribution in [1.82, 2.24) is 4.90 Å². The molecule has 136 valence electrons. The highest BCUT2D eigenvalue weighted by molar-refractivity contribution is 7.80. The van der Waals surface area contributed by atoms with E-state index in [9.17, 15) is 4.79 Å². The van der Waals surface area contributed by atoms with Gasteiger partial charge in [-0.25, -0.2) is 4.79 Å². The molecule has 1 aliphatic heterocycles. The van der Waals surface area contributed by atoms with Crippen molar-refractivity contribution in [2.45, 2.75) is 44.6 Å². The Morgan fingerprint density at radius 2 is 2.00 bits per heavy atom. The number of carbonyl (C=O) groups excluding carboxylic acids is 1. The molecular weight excluding hydrogens is 379 g/mol. The van der Waals surface area contributed by atoms with Gasteiger partial charge < -0.3 is 15.4 Å². The molecule has 25 heavy (non-hydrogen) atoms. The number of carbonyl (C=O) groups is 1. The average molecular weight is 401 g/mol. The second-order valence-corrected chi connectivity index (χ2v) is 9.24. The van der Waals surface area contributed by atoms with E-state index in [0.29, 0.717) is 28.1 Å². The second-order valence-electron chi connectivity index (χ2n) is 7.99. The molecule has 1 aliphatic carbocycles. The van der Waals surface area contributed by atoms with E-state index in [1.807, 2.05) is 32.9 Å². The third kappa shape index (κ3) is 3.11. The molecule has 2 atom stereocenters. The first-order valence-electron chi connectivity index (χ1n) is 8.24. The van der Waals surface area contributed by atoms with Gasteiger partial charge in [0.05, 0.1) is 15.0 Å². The van der Waals surface area contributed by atoms with Crippen LogP contribution < -0.4 is 5.73 Å². The monoisotopic (exact) mass is 400 g/mol. The number of rotatable bonds is 2. The van der Waals surface area contributed by atoms with Crippen LogP contribution in [-0.2, 0) is 10.2 Å². The lowest BCUT2D eigenvalue weighted by atomic mass is 9.80. The Balaban J connectivity index is 1.88. The maximum Gasteiger partial charge on any atom is 0.410 e. The molecule has 0 spiro atoms. The maximum atomic E-state index is 12.5. The molecule has 1 aromatic rings. The number of amides is 1. The molecule has 2 aliphatic rings. The minimum absolute atomic E-state index is 0.175. The Hall–Kier alpha value is -1.04. The normalized spacial score (nSPS) is 28.3. The van der Waals surface area contributed by atoms with Crippen LogP contribution in [0, 0.1) is 5.41 Å². The number of likely N-dealkylation sites (tertiary alicyclic amines) is 1. The number of thiocarbonyl (C=S) groups is 1. The fourth-order valence-corrected chi connectivity index (χ4v) is 4.57. The molecule has 2 N–H and O–H groups in total. The van der Waals surface area contributed by atoms with Crippen molar-refractivity contribution in [1.29, 1.82) is 0 Å². The van der Waals surface area contributed by atoms with E-state index in [1.165, 1.54) is 0 Å². The summed E-state index contributed by atoms with van der Waals surface area (Å²) in [5.74, 6) is 0. The number of fused-ring (bicyclic) bond motifs is 1. The molecule has 2 unspecified atom stereocenters. The van der Waals surface area contributed by atoms with Crippen molar-refractivity contribution in [2.24, 2.45) is 11.1 Å². The molecular formula is C18H22Cl2N2O2S. The number of benzene rings is 1. The molecule has 1 saturated carbocycles. The van der Waals surface area contributed by atoms with Gasteiger partial charge in [0.25, 0.3) is 0 Å². The average Bonchev–Trinajstić information content (AvgIpc) is 3.19. The highest BCUT2D eigenvalue weighted by Crippen LogP contribution is 2.69. The van der Waals surface area contributed by atoms with Gasteiger partial charge in [0, 0.05) is 23.9 Å². The van der Waals surface area contributed by atoms with Crippen molar-refractivity contribution in [2.75, 3.05) is 13.1 Å². The molecule has 1 aromatic carbocycles. The van der Waals surface area contributed by atoms with Crippen LogP contribution in [0.2, 0.25) is 10.0 Å². The van der Waals surface area contributed by atoms with Crippen molar-refractivity contribution < 1.29 is 9.53 Å². The van der Waals surface area contributed by atoms with Crippen LogP contribution in [0.4, 0.5) is 4.79 Å². The van der Waals surface area contributed by atoms with Crippen LogP contribution in [-0.4, -0.2) is 34.7 Å². The van der Waals surface area contributed by atoms with Gasteiger partial charge >= 0.3 is 6.09 Å². The minimum Gasteiger partial charge on any atom is -0.444 e. The number of ether oxygens (including phenoxy) is 1. The minimum atomic E-state index is -0.532. The van der Waals surface area contributed by atoms with E-state index >= 15 is 0 Å². The van der Waals surface area contributed by atoms with Gasteiger partial charge in [-0.2, -0.15) is 0 Å². The summed E-state index contributed by atoms with van der Waals surface area (Å²) in [7, 11) is 0. The number of halogens is 2. The standard InChI is InChI=1S/C18H22Cl2N2O2S/c1-16(2,3)24-15(23)22-7-6-17(9-18(17,10-22)14(21)25)11-4-5-12(19)13(20)8-11/h4-5,8H,6-7,9-10H2,1-3H3,(H2,21,25). The molecule has 1 saturated heterocycles. The predicted octanol–water partition coefficient (Wildman–Crippen LogP) is 4.55. The van der Waals surface area contributed by atoms with Gasteiger partial charge in [-0.1, -0.05) is 41.5 Å². The predicted molar refractivity (Wildman–Crippen MR) is 104 cm³/mol. The van der Waals surface area contributed by atoms with Gasteiger partial charge in [-0.3, -0.25) is 0 Å². The lowest BCUT2D eigenvalue weighted by Gasteiger charge is -2.38. The smallest absolute Gasteiger partial charge is 0.410 e. The van der Waals surface area contributed by atoms with Gasteiger partial charge in [0.2, 0.25) is 0 Å². The number of hydrogen-bond acceptors (Lipinski definition) is 3. The Kier molecular flexibility index (Phi) is 4.50. The Morgan fingerprint density at radius 3 is 2.56 bits per heavy atom. The fourth-order valence-electron chi connectivity index (χ4n) is 3.94. The van der Waals surface area contributed by atoms with E-state index in [1.54, 1.807) is 11.0 Å². The van der Waals surface area contributed by atoms with E-state index in [0.717, 1.165) is 18.4 Å². The first kappa shape index (κ1) is 18.7. The first-order valence-corrected chi connectivity index (χ1v) is 9.41. The topological polar surface area (TPSA) is 55.6 Å². The van der Waals surface area contributed by atoms with Gasteiger partial charge in [-0.15, -0.1) is 0 Å². The molecule has 0 radical (unpaired) electrons. The molecule has 0 aromatic heterocycles. The zero-order chi connectivity index (χ0) is 18.6. The lowest BCUT2D eigenvalue weighted by molar-refractivity contribution is 0.0177. The third-order valence-electron chi connectivity index (χ3n) is 5.26. The van der Waals surface area contributed by atoms with Gasteiger partial charge in [0.15, 0.2) is 0 Å². The summed E-state index contributed by atoms with van der Waals surface area (Å²) >= 11 is 17.7. The van der Waals surface area contributed by atoms with E-state index in [-0.39, 0.29) is 11.5 Å². The van der Waals surface area contributed by atoms with Crippen molar-refractivity contribution in [3.05, 3.63) is 33.8 Å². The Morgan fingerprint density at radius 1 is 1.32 bits per heavy atom. The Labute approximate surface area is 163 Å². The number of hydrogen-bond donors (Lipinski definition) is 1. The molecule has 2 fully saturated rings. The van der Waals surface area contributed by atoms with Crippen LogP contribution in [0.3, 0.4) is 0 Å². The van der Waals surface area contributed by atoms with E-state index in [2.05, 4.69) is 0 Å². The summed E-state index contributed by atoms with van der Waals surface area (Å²) in [4.78, 5) is 14.6. The summed E-state index contributed by atoms with van der Waals surface area (Å²) in [6.07, 6.45) is 1.26. The molecule has 7 heteroatoms. The van der Waals surface area contributed by atoms with Crippen LogP contribution in [0.1, 0.15) is 39.2 Å². The number of nitrogens with two attached hydrogens (primary N) is 1. The summed E-state index contributed by atoms with van der Waals surface area (Å²) in [5.41, 5.74) is 6.08. The van der Waals surface area contributed by atoms with Gasteiger partial charge in [-0.05, 0) is 51.3 Å². The van der Waals surface area contributed by atoms with Crippen LogP contribution in [0.5, 0.6) is 0 Å². The molecule has 4 nitrogen and oxygen atoms in total. The summed E-state index contributed by atoms with van der Waals surface area (Å²) in [5, 5.41) is 1.04. The third-order valence-corrected chi connectivity index (χ3v) is 6.39. The molecule has 0 bridgehead atoms. The van der Waals surface area contributed by atoms with Gasteiger partial charge in [0.1, 0.15) is 5.60 Å². The summed E-state index contributed by atoms with van der Waals surface area (Å²) in [6, 6.07) is 5.68. The van der Waals surface area contributed by atoms with Crippen molar-refractivity contribution in [3.63, 3.8) is 0 Å². The summed E-state index contributed by atoms with van der Waals surface area (Å²) < 4.78 is 5.51. The fraction of sp³-hybridized carbons (Fsp3) is 0.556. The number of nitrogens with zero attached hydrogens (tertiary/aromatic N) is 1. The van der Waals surface area contributed by atoms with Crippen molar-refractivity contribution in [3.8, 4) is 0 Å². The first-order chi connectivity index (χ1) is 11.5. The summed E-state index contributed by atoms with van der Waals surface area (Å²) in [6.45, 7) is 6.64. The molecule has 1 heterocycles. The molecule has 1 amide bonds. The van der Waals surface area contributed by atoms with E-state index < -0.39 is 11.0 Å². The van der Waals surface area contributed by atoms with Crippen LogP contribution >= 0.6 is 35.4 Å². The highest BCUT2D eigenvalue weighted by atomic mass is 35.5. The number of piperidine rings is 1. The zero-order valence-electron chi connectivity index (χ0n) is 14.6. The van der Waals surface area contributed by atoms with Crippen molar-refractivity contribution >= 4 is 46.5 Å². The highest BCUT2D eigenvalue weighted by Gasteiger charge is 2.72. The zero-order valence-corrected chi connectivity index (χ0v) is 16.9. The van der Waals surface area contributed by atoms with E-state index in [4.69, 9.17) is 45.9 Å². The maximum absolute atomic E-state index is 12.5. The van der Waals surface area contributed by atoms with Crippen LogP contribution in [0.15, 0.2) is 18.2 Å². The second kappa shape index (κ2) is 6.00.